The van der Waals surface area contributed by atoms with Gasteiger partial charge >= 0.3 is 0 Å². The molecule has 36 heavy (non-hydrogen) atoms. The Kier molecular flexibility index (Phi) is 6.45. The number of hydrogen-bond donors (Lipinski definition) is 1. The van der Waals surface area contributed by atoms with Gasteiger partial charge in [-0.15, -0.1) is 6.42 Å². The molecule has 0 atom stereocenters. The number of rotatable bonds is 4. The van der Waals surface area contributed by atoms with Crippen LogP contribution in [-0.2, 0) is 23.0 Å². The lowest BCUT2D eigenvalue weighted by atomic mass is 9.88. The van der Waals surface area contributed by atoms with Crippen LogP contribution < -0.4 is 0 Å². The van der Waals surface area contributed by atoms with Crippen molar-refractivity contribution in [3.8, 4) is 23.7 Å². The standard InChI is InChI=1S/C28H30N4O3S/c1-4-20-6-9-21(10-7-20)22-11-14-31(15-12-22)28(33)23-8-5-19(2)24(17-23)27-29-25-13-16-32(36(3,34)35)18-26(25)30-27/h1,5-10,17,22H,11-16,18H2,2-3H3,(H,29,30). The quantitative estimate of drug-likeness (QED) is 0.551. The van der Waals surface area contributed by atoms with Crippen molar-refractivity contribution in [3.05, 3.63) is 76.1 Å². The number of H-pyrrole nitrogens is 1. The third-order valence-corrected chi connectivity index (χ3v) is 8.59. The molecular weight excluding hydrogens is 472 g/mol. The van der Waals surface area contributed by atoms with E-state index in [9.17, 15) is 13.2 Å². The number of piperidine rings is 1. The number of aryl methyl sites for hydroxylation is 1. The largest absolute Gasteiger partial charge is 0.341 e. The Labute approximate surface area is 212 Å². The molecule has 0 bridgehead atoms. The van der Waals surface area contributed by atoms with Crippen LogP contribution in [0.1, 0.15) is 57.2 Å². The Morgan fingerprint density at radius 2 is 1.83 bits per heavy atom. The summed E-state index contributed by atoms with van der Waals surface area (Å²) in [6.07, 6.45) is 9.10. The maximum atomic E-state index is 13.4. The Morgan fingerprint density at radius 3 is 2.50 bits per heavy atom. The van der Waals surface area contributed by atoms with Crippen molar-refractivity contribution in [2.24, 2.45) is 0 Å². The van der Waals surface area contributed by atoms with Crippen LogP contribution in [-0.4, -0.2) is 59.4 Å². The molecule has 2 aliphatic rings. The molecule has 1 fully saturated rings. The number of carbonyl (C=O) groups excluding carboxylic acids is 1. The number of fused-ring (bicyclic) bond motifs is 1. The molecule has 5 rings (SSSR count). The molecule has 0 spiro atoms. The highest BCUT2D eigenvalue weighted by molar-refractivity contribution is 7.88. The normalized spacial score (nSPS) is 17.0. The van der Waals surface area contributed by atoms with Crippen LogP contribution in [0.2, 0.25) is 0 Å². The fraction of sp³-hybridized carbons (Fsp3) is 0.357. The summed E-state index contributed by atoms with van der Waals surface area (Å²) in [6.45, 7) is 4.13. The van der Waals surface area contributed by atoms with Crippen LogP contribution >= 0.6 is 0 Å². The van der Waals surface area contributed by atoms with Crippen LogP contribution in [0.15, 0.2) is 42.5 Å². The van der Waals surface area contributed by atoms with Crippen molar-refractivity contribution in [3.63, 3.8) is 0 Å². The van der Waals surface area contributed by atoms with Gasteiger partial charge in [-0.2, -0.15) is 4.31 Å². The second kappa shape index (κ2) is 9.57. The number of aromatic nitrogens is 2. The SMILES string of the molecule is C#Cc1ccc(C2CCN(C(=O)c3ccc(C)c(-c4nc5c([nH]4)CN(S(C)(=O)=O)CC5)c3)CC2)cc1. The van der Waals surface area contributed by atoms with E-state index in [1.165, 1.54) is 16.1 Å². The Hall–Kier alpha value is -3.41. The van der Waals surface area contributed by atoms with Crippen molar-refractivity contribution < 1.29 is 13.2 Å². The predicted octanol–water partition coefficient (Wildman–Crippen LogP) is 3.70. The van der Waals surface area contributed by atoms with Crippen LogP contribution in [0.4, 0.5) is 0 Å². The summed E-state index contributed by atoms with van der Waals surface area (Å²) in [7, 11) is -3.26. The number of nitrogens with one attached hydrogen (secondary N) is 1. The van der Waals surface area contributed by atoms with Gasteiger partial charge in [-0.05, 0) is 61.1 Å². The van der Waals surface area contributed by atoms with E-state index in [2.05, 4.69) is 23.0 Å². The van der Waals surface area contributed by atoms with Crippen LogP contribution in [0.25, 0.3) is 11.4 Å². The van der Waals surface area contributed by atoms with E-state index in [-0.39, 0.29) is 5.91 Å². The molecule has 3 aromatic rings. The number of likely N-dealkylation sites (tertiary alicyclic amines) is 1. The molecule has 3 heterocycles. The Balaban J connectivity index is 1.30. The van der Waals surface area contributed by atoms with Gasteiger partial charge in [0.15, 0.2) is 0 Å². The van der Waals surface area contributed by atoms with Gasteiger partial charge in [-0.3, -0.25) is 4.79 Å². The smallest absolute Gasteiger partial charge is 0.253 e. The summed E-state index contributed by atoms with van der Waals surface area (Å²) in [6, 6.07) is 13.9. The van der Waals surface area contributed by atoms with E-state index in [0.29, 0.717) is 49.9 Å². The number of nitrogens with zero attached hydrogens (tertiary/aromatic N) is 3. The lowest BCUT2D eigenvalue weighted by molar-refractivity contribution is 0.0713. The zero-order valence-electron chi connectivity index (χ0n) is 20.6. The minimum absolute atomic E-state index is 0.0250. The van der Waals surface area contributed by atoms with Crippen LogP contribution in [0, 0.1) is 19.3 Å². The van der Waals surface area contributed by atoms with Crippen molar-refractivity contribution in [1.82, 2.24) is 19.2 Å². The highest BCUT2D eigenvalue weighted by Crippen LogP contribution is 2.30. The van der Waals surface area contributed by atoms with Crippen LogP contribution in [0.5, 0.6) is 0 Å². The monoisotopic (exact) mass is 502 g/mol. The maximum Gasteiger partial charge on any atom is 0.253 e. The highest BCUT2D eigenvalue weighted by Gasteiger charge is 2.28. The molecule has 0 aliphatic carbocycles. The molecule has 0 unspecified atom stereocenters. The molecule has 0 radical (unpaired) electrons. The first kappa shape index (κ1) is 24.3. The van der Waals surface area contributed by atoms with E-state index in [4.69, 9.17) is 11.4 Å². The van der Waals surface area contributed by atoms with E-state index in [1.807, 2.05) is 42.2 Å². The molecule has 7 nitrogen and oxygen atoms in total. The van der Waals surface area contributed by atoms with E-state index < -0.39 is 10.0 Å². The number of hydrogen-bond acceptors (Lipinski definition) is 4. The number of aromatic amines is 1. The molecule has 8 heteroatoms. The zero-order chi connectivity index (χ0) is 25.4. The maximum absolute atomic E-state index is 13.4. The number of amides is 1. The van der Waals surface area contributed by atoms with Gasteiger partial charge in [0.2, 0.25) is 10.0 Å². The molecule has 1 amide bonds. The number of imidazole rings is 1. The van der Waals surface area contributed by atoms with Gasteiger partial charge in [-0.1, -0.05) is 24.1 Å². The summed E-state index contributed by atoms with van der Waals surface area (Å²) in [4.78, 5) is 23.4. The highest BCUT2D eigenvalue weighted by atomic mass is 32.2. The van der Waals surface area contributed by atoms with Crippen molar-refractivity contribution >= 4 is 15.9 Å². The van der Waals surface area contributed by atoms with Gasteiger partial charge in [0.25, 0.3) is 5.91 Å². The summed E-state index contributed by atoms with van der Waals surface area (Å²) in [5.74, 6) is 3.78. The van der Waals surface area contributed by atoms with Crippen molar-refractivity contribution in [2.45, 2.75) is 38.6 Å². The number of carbonyl (C=O) groups is 1. The van der Waals surface area contributed by atoms with Gasteiger partial charge in [-0.25, -0.2) is 13.4 Å². The van der Waals surface area contributed by atoms with Crippen LogP contribution in [0.3, 0.4) is 0 Å². The first-order valence-electron chi connectivity index (χ1n) is 12.2. The first-order valence-corrected chi connectivity index (χ1v) is 14.1. The predicted molar refractivity (Wildman–Crippen MR) is 140 cm³/mol. The second-order valence-corrected chi connectivity index (χ2v) is 11.7. The lowest BCUT2D eigenvalue weighted by Gasteiger charge is -2.32. The molecule has 1 aromatic heterocycles. The van der Waals surface area contributed by atoms with Gasteiger partial charge in [0.1, 0.15) is 5.82 Å². The van der Waals surface area contributed by atoms with Crippen molar-refractivity contribution in [2.75, 3.05) is 25.9 Å². The molecule has 1 saturated heterocycles. The lowest BCUT2D eigenvalue weighted by Crippen LogP contribution is -2.37. The number of benzene rings is 2. The average molecular weight is 503 g/mol. The van der Waals surface area contributed by atoms with Gasteiger partial charge in [0, 0.05) is 42.7 Å². The molecule has 186 valence electrons. The van der Waals surface area contributed by atoms with E-state index >= 15 is 0 Å². The molecule has 1 N–H and O–H groups in total. The zero-order valence-corrected chi connectivity index (χ0v) is 21.4. The minimum Gasteiger partial charge on any atom is -0.341 e. The minimum atomic E-state index is -3.26. The second-order valence-electron chi connectivity index (χ2n) is 9.72. The first-order chi connectivity index (χ1) is 17.2. The van der Waals surface area contributed by atoms with E-state index in [0.717, 1.165) is 40.9 Å². The molecule has 2 aromatic carbocycles. The van der Waals surface area contributed by atoms with Gasteiger partial charge in [0.05, 0.1) is 24.2 Å². The summed E-state index contributed by atoms with van der Waals surface area (Å²) in [5, 5.41) is 0. The fourth-order valence-electron chi connectivity index (χ4n) is 5.14. The number of sulfonamides is 1. The molecule has 0 saturated carbocycles. The van der Waals surface area contributed by atoms with E-state index in [1.54, 1.807) is 0 Å². The summed E-state index contributed by atoms with van der Waals surface area (Å²) in [5.41, 5.74) is 6.37. The third kappa shape index (κ3) is 4.81. The summed E-state index contributed by atoms with van der Waals surface area (Å²) >= 11 is 0. The molecular formula is C28H30N4O3S. The average Bonchev–Trinajstić information content (AvgIpc) is 3.31. The summed E-state index contributed by atoms with van der Waals surface area (Å²) < 4.78 is 25.4. The Morgan fingerprint density at radius 1 is 1.11 bits per heavy atom. The Bertz CT molecular complexity index is 1440. The van der Waals surface area contributed by atoms with Crippen molar-refractivity contribution in [1.29, 1.82) is 0 Å². The number of terminal acetylenes is 1. The molecule has 2 aliphatic heterocycles. The fourth-order valence-corrected chi connectivity index (χ4v) is 5.93. The topological polar surface area (TPSA) is 86.4 Å². The third-order valence-electron chi connectivity index (χ3n) is 7.34. The van der Waals surface area contributed by atoms with Gasteiger partial charge < -0.3 is 9.88 Å².